The molecule has 3 heterocycles. The van der Waals surface area contributed by atoms with Crippen LogP contribution in [-0.2, 0) is 0 Å². The van der Waals surface area contributed by atoms with Crippen molar-refractivity contribution < 1.29 is 0 Å². The Hall–Kier alpha value is -3.65. The van der Waals surface area contributed by atoms with Crippen LogP contribution >= 0.6 is 0 Å². The highest BCUT2D eigenvalue weighted by atomic mass is 15.3. The normalized spacial score (nSPS) is 16.7. The highest BCUT2D eigenvalue weighted by Crippen LogP contribution is 2.39. The Balaban J connectivity index is 1.62. The van der Waals surface area contributed by atoms with Gasteiger partial charge in [-0.3, -0.25) is 0 Å². The lowest BCUT2D eigenvalue weighted by molar-refractivity contribution is 0.605. The molecule has 1 N–H and O–H groups in total. The maximum Gasteiger partial charge on any atom is 0.137 e. The zero-order chi connectivity index (χ0) is 18.9. The average molecular weight is 365 g/mol. The Morgan fingerprint density at radius 1 is 1.18 bits per heavy atom. The molecule has 5 heteroatoms. The topological polar surface area (TPSA) is 70.3 Å². The largest absolute Gasteiger partial charge is 0.346 e. The molecule has 28 heavy (non-hydrogen) atoms. The fourth-order valence-electron chi connectivity index (χ4n) is 3.97. The lowest BCUT2D eigenvalue weighted by atomic mass is 9.84. The Bertz CT molecular complexity index is 1190. The van der Waals surface area contributed by atoms with Crippen LogP contribution in [0, 0.1) is 17.2 Å². The van der Waals surface area contributed by atoms with Crippen LogP contribution in [0.4, 0.5) is 0 Å². The summed E-state index contributed by atoms with van der Waals surface area (Å²) < 4.78 is 1.85. The van der Waals surface area contributed by atoms with E-state index in [0.29, 0.717) is 0 Å². The number of hydrogen-bond donors (Lipinski definition) is 1. The van der Waals surface area contributed by atoms with Crippen LogP contribution in [0.2, 0.25) is 0 Å². The quantitative estimate of drug-likeness (QED) is 0.547. The first-order chi connectivity index (χ1) is 13.8. The molecule has 5 rings (SSSR count). The number of rotatable bonds is 3. The van der Waals surface area contributed by atoms with E-state index in [2.05, 4.69) is 57.5 Å². The molecule has 136 valence electrons. The van der Waals surface area contributed by atoms with Gasteiger partial charge in [-0.1, -0.05) is 18.2 Å². The predicted octanol–water partition coefficient (Wildman–Crippen LogP) is 5.12. The second-order valence-corrected chi connectivity index (χ2v) is 7.11. The SMILES string of the molecule is N#CC1CC=C(c2c(-c3ccc(-n4cccn4)cc3)cnc3[nH]ccc23)CC1. The van der Waals surface area contributed by atoms with Crippen molar-refractivity contribution in [2.45, 2.75) is 19.3 Å². The molecule has 0 spiro atoms. The summed E-state index contributed by atoms with van der Waals surface area (Å²) in [5.41, 5.74) is 6.72. The first-order valence-corrected chi connectivity index (χ1v) is 9.49. The minimum absolute atomic E-state index is 0.129. The third-order valence-corrected chi connectivity index (χ3v) is 5.45. The number of nitrogens with one attached hydrogen (secondary N) is 1. The van der Waals surface area contributed by atoms with Crippen molar-refractivity contribution in [2.75, 3.05) is 0 Å². The van der Waals surface area contributed by atoms with Crippen molar-refractivity contribution >= 4 is 16.6 Å². The Kier molecular flexibility index (Phi) is 4.02. The molecule has 0 fully saturated rings. The first kappa shape index (κ1) is 16.5. The molecule has 0 saturated carbocycles. The van der Waals surface area contributed by atoms with Crippen molar-refractivity contribution in [3.63, 3.8) is 0 Å². The summed E-state index contributed by atoms with van der Waals surface area (Å²) in [6.07, 6.45) is 12.5. The van der Waals surface area contributed by atoms with Gasteiger partial charge in [-0.2, -0.15) is 10.4 Å². The second kappa shape index (κ2) is 6.82. The standard InChI is InChI=1S/C23H19N5/c24-14-16-2-4-18(5-3-16)22-20-10-12-25-23(20)26-15-21(22)17-6-8-19(9-7-17)28-13-1-11-27-28/h1,4,6-13,15-16H,2-3,5H2,(H,25,26). The van der Waals surface area contributed by atoms with E-state index >= 15 is 0 Å². The minimum Gasteiger partial charge on any atom is -0.346 e. The van der Waals surface area contributed by atoms with E-state index in [9.17, 15) is 5.26 Å². The summed E-state index contributed by atoms with van der Waals surface area (Å²) in [7, 11) is 0. The molecule has 1 atom stereocenters. The molecule has 5 nitrogen and oxygen atoms in total. The molecule has 0 radical (unpaired) electrons. The molecule has 0 saturated heterocycles. The maximum atomic E-state index is 9.22. The van der Waals surface area contributed by atoms with Gasteiger partial charge in [0.2, 0.25) is 0 Å². The van der Waals surface area contributed by atoms with Gasteiger partial charge in [0.25, 0.3) is 0 Å². The Morgan fingerprint density at radius 3 is 2.79 bits per heavy atom. The molecule has 0 amide bonds. The van der Waals surface area contributed by atoms with Gasteiger partial charge in [-0.15, -0.1) is 0 Å². The van der Waals surface area contributed by atoms with Crippen molar-refractivity contribution in [3.05, 3.63) is 72.8 Å². The van der Waals surface area contributed by atoms with E-state index in [-0.39, 0.29) is 5.92 Å². The predicted molar refractivity (Wildman–Crippen MR) is 110 cm³/mol. The van der Waals surface area contributed by atoms with E-state index in [1.54, 1.807) is 6.20 Å². The number of aromatic nitrogens is 4. The van der Waals surface area contributed by atoms with E-state index in [4.69, 9.17) is 0 Å². The number of pyridine rings is 1. The monoisotopic (exact) mass is 365 g/mol. The molecule has 0 aliphatic heterocycles. The third kappa shape index (κ3) is 2.80. The van der Waals surface area contributed by atoms with Gasteiger partial charge in [-0.05, 0) is 60.2 Å². The number of aromatic amines is 1. The summed E-state index contributed by atoms with van der Waals surface area (Å²) in [4.78, 5) is 7.85. The summed E-state index contributed by atoms with van der Waals surface area (Å²) in [6, 6.07) is 14.8. The number of nitriles is 1. The smallest absolute Gasteiger partial charge is 0.137 e. The van der Waals surface area contributed by atoms with Crippen LogP contribution in [0.25, 0.3) is 33.4 Å². The van der Waals surface area contributed by atoms with Crippen molar-refractivity contribution in [1.29, 1.82) is 5.26 Å². The molecule has 3 aromatic heterocycles. The van der Waals surface area contributed by atoms with Crippen molar-refractivity contribution in [2.24, 2.45) is 5.92 Å². The lowest BCUT2D eigenvalue weighted by Crippen LogP contribution is -2.04. The molecule has 1 aliphatic carbocycles. The minimum atomic E-state index is 0.129. The van der Waals surface area contributed by atoms with Gasteiger partial charge >= 0.3 is 0 Å². The van der Waals surface area contributed by atoms with Gasteiger partial charge in [-0.25, -0.2) is 9.67 Å². The van der Waals surface area contributed by atoms with Crippen LogP contribution < -0.4 is 0 Å². The average Bonchev–Trinajstić information content (AvgIpc) is 3.45. The molecule has 0 bridgehead atoms. The molecular weight excluding hydrogens is 346 g/mol. The molecule has 1 unspecified atom stereocenters. The number of allylic oxidation sites excluding steroid dienone is 2. The molecule has 1 aromatic carbocycles. The lowest BCUT2D eigenvalue weighted by Gasteiger charge is -2.20. The van der Waals surface area contributed by atoms with Gasteiger partial charge in [0.1, 0.15) is 5.65 Å². The summed E-state index contributed by atoms with van der Waals surface area (Å²) in [6.45, 7) is 0. The van der Waals surface area contributed by atoms with Gasteiger partial charge in [0.15, 0.2) is 0 Å². The van der Waals surface area contributed by atoms with Crippen molar-refractivity contribution in [3.8, 4) is 22.9 Å². The highest BCUT2D eigenvalue weighted by molar-refractivity contribution is 5.97. The van der Waals surface area contributed by atoms with E-state index < -0.39 is 0 Å². The van der Waals surface area contributed by atoms with Crippen molar-refractivity contribution in [1.82, 2.24) is 19.7 Å². The maximum absolute atomic E-state index is 9.22. The zero-order valence-electron chi connectivity index (χ0n) is 15.3. The van der Waals surface area contributed by atoms with E-state index in [1.807, 2.05) is 29.3 Å². The fraction of sp³-hybridized carbons (Fsp3) is 0.174. The van der Waals surface area contributed by atoms with Crippen LogP contribution in [0.15, 0.2) is 67.3 Å². The highest BCUT2D eigenvalue weighted by Gasteiger charge is 2.20. The fourth-order valence-corrected chi connectivity index (χ4v) is 3.97. The number of nitrogens with zero attached hydrogens (tertiary/aromatic N) is 4. The molecule has 1 aliphatic rings. The second-order valence-electron chi connectivity index (χ2n) is 7.11. The summed E-state index contributed by atoms with van der Waals surface area (Å²) in [5.74, 6) is 0.129. The molecular formula is C23H19N5. The van der Waals surface area contributed by atoms with Crippen LogP contribution in [0.1, 0.15) is 24.8 Å². The van der Waals surface area contributed by atoms with E-state index in [1.165, 1.54) is 11.1 Å². The Morgan fingerprint density at radius 2 is 2.07 bits per heavy atom. The van der Waals surface area contributed by atoms with Crippen LogP contribution in [0.5, 0.6) is 0 Å². The number of fused-ring (bicyclic) bond motifs is 1. The first-order valence-electron chi connectivity index (χ1n) is 9.49. The van der Waals surface area contributed by atoms with Crippen LogP contribution in [0.3, 0.4) is 0 Å². The van der Waals surface area contributed by atoms with Gasteiger partial charge in [0, 0.05) is 35.7 Å². The summed E-state index contributed by atoms with van der Waals surface area (Å²) in [5, 5.41) is 14.7. The number of benzene rings is 1. The van der Waals surface area contributed by atoms with Gasteiger partial charge in [0.05, 0.1) is 17.7 Å². The van der Waals surface area contributed by atoms with Gasteiger partial charge < -0.3 is 4.98 Å². The van der Waals surface area contributed by atoms with E-state index in [0.717, 1.165) is 47.1 Å². The molecule has 4 aromatic rings. The zero-order valence-corrected chi connectivity index (χ0v) is 15.3. The summed E-state index contributed by atoms with van der Waals surface area (Å²) >= 11 is 0. The Labute approximate surface area is 163 Å². The number of H-pyrrole nitrogens is 1. The number of hydrogen-bond acceptors (Lipinski definition) is 3. The van der Waals surface area contributed by atoms with Crippen LogP contribution in [-0.4, -0.2) is 19.7 Å². The third-order valence-electron chi connectivity index (χ3n) is 5.45.